The Balaban J connectivity index is 1.84. The predicted octanol–water partition coefficient (Wildman–Crippen LogP) is 3.41. The second-order valence-corrected chi connectivity index (χ2v) is 6.41. The number of aromatic nitrogens is 4. The highest BCUT2D eigenvalue weighted by Gasteiger charge is 2.21. The van der Waals surface area contributed by atoms with Gasteiger partial charge < -0.3 is 5.32 Å². The molecule has 0 fully saturated rings. The fourth-order valence-corrected chi connectivity index (χ4v) is 2.61. The summed E-state index contributed by atoms with van der Waals surface area (Å²) in [6, 6.07) is 7.96. The summed E-state index contributed by atoms with van der Waals surface area (Å²) in [4.78, 5) is 8.58. The zero-order chi connectivity index (χ0) is 15.7. The number of hydrogen-bond acceptors (Lipinski definition) is 4. The van der Waals surface area contributed by atoms with Crippen LogP contribution in [0, 0.1) is 0 Å². The van der Waals surface area contributed by atoms with Crippen LogP contribution in [0.3, 0.4) is 0 Å². The van der Waals surface area contributed by atoms with Gasteiger partial charge in [-0.1, -0.05) is 37.6 Å². The van der Waals surface area contributed by atoms with Crippen molar-refractivity contribution in [1.29, 1.82) is 0 Å². The van der Waals surface area contributed by atoms with Crippen LogP contribution in [-0.4, -0.2) is 26.3 Å². The minimum Gasteiger partial charge on any atom is -0.368 e. The van der Waals surface area contributed by atoms with Gasteiger partial charge in [0.1, 0.15) is 12.1 Å². The highest BCUT2D eigenvalue weighted by atomic mass is 35.5. The van der Waals surface area contributed by atoms with E-state index in [0.717, 1.165) is 28.4 Å². The van der Waals surface area contributed by atoms with Crippen molar-refractivity contribution in [1.82, 2.24) is 19.7 Å². The summed E-state index contributed by atoms with van der Waals surface area (Å²) < 4.78 is 1.74. The first kappa shape index (κ1) is 14.8. The van der Waals surface area contributed by atoms with E-state index in [1.54, 1.807) is 17.2 Å². The van der Waals surface area contributed by atoms with E-state index in [0.29, 0.717) is 0 Å². The lowest BCUT2D eigenvalue weighted by Gasteiger charge is -2.26. The van der Waals surface area contributed by atoms with E-state index in [4.69, 9.17) is 11.6 Å². The van der Waals surface area contributed by atoms with Crippen LogP contribution in [0.15, 0.2) is 36.8 Å². The number of fused-ring (bicyclic) bond motifs is 1. The molecule has 0 saturated carbocycles. The van der Waals surface area contributed by atoms with E-state index in [-0.39, 0.29) is 5.41 Å². The summed E-state index contributed by atoms with van der Waals surface area (Å²) in [6.07, 6.45) is 3.34. The van der Waals surface area contributed by atoms with E-state index < -0.39 is 0 Å². The van der Waals surface area contributed by atoms with Gasteiger partial charge in [0, 0.05) is 24.0 Å². The molecule has 22 heavy (non-hydrogen) atoms. The SMILES string of the molecule is Cn1ncc2c(NCC(C)(C)c3cccc(Cl)c3)ncnc21. The summed E-state index contributed by atoms with van der Waals surface area (Å²) >= 11 is 6.10. The Hall–Kier alpha value is -2.14. The molecule has 0 bridgehead atoms. The van der Waals surface area contributed by atoms with Crippen molar-refractivity contribution in [3.63, 3.8) is 0 Å². The maximum Gasteiger partial charge on any atom is 0.163 e. The average Bonchev–Trinajstić information content (AvgIpc) is 2.87. The molecule has 0 unspecified atom stereocenters. The van der Waals surface area contributed by atoms with Crippen molar-refractivity contribution in [2.75, 3.05) is 11.9 Å². The summed E-state index contributed by atoms with van der Waals surface area (Å²) in [5.74, 6) is 0.799. The Kier molecular flexibility index (Phi) is 3.74. The zero-order valence-corrected chi connectivity index (χ0v) is 13.6. The van der Waals surface area contributed by atoms with Gasteiger partial charge in [-0.3, -0.25) is 4.68 Å². The van der Waals surface area contributed by atoms with Crippen molar-refractivity contribution in [2.24, 2.45) is 7.05 Å². The maximum atomic E-state index is 6.10. The normalized spacial score (nSPS) is 11.8. The molecule has 3 aromatic rings. The standard InChI is InChI=1S/C16H18ClN5/c1-16(2,11-5-4-6-12(17)7-11)9-18-14-13-8-21-22(3)15(13)20-10-19-14/h4-8,10H,9H2,1-3H3,(H,18,19,20). The molecule has 0 aliphatic carbocycles. The van der Waals surface area contributed by atoms with E-state index in [2.05, 4.69) is 40.3 Å². The molecule has 6 heteroatoms. The van der Waals surface area contributed by atoms with Crippen LogP contribution in [0.4, 0.5) is 5.82 Å². The Morgan fingerprint density at radius 1 is 1.27 bits per heavy atom. The lowest BCUT2D eigenvalue weighted by Crippen LogP contribution is -2.28. The number of hydrogen-bond donors (Lipinski definition) is 1. The van der Waals surface area contributed by atoms with Crippen molar-refractivity contribution in [2.45, 2.75) is 19.3 Å². The molecule has 5 nitrogen and oxygen atoms in total. The van der Waals surface area contributed by atoms with E-state index in [9.17, 15) is 0 Å². The third-order valence-corrected chi connectivity index (χ3v) is 4.07. The Labute approximate surface area is 134 Å². The molecule has 3 rings (SSSR count). The van der Waals surface area contributed by atoms with E-state index in [1.165, 1.54) is 5.56 Å². The summed E-state index contributed by atoms with van der Waals surface area (Å²) in [5.41, 5.74) is 1.92. The fourth-order valence-electron chi connectivity index (χ4n) is 2.42. The molecule has 0 radical (unpaired) electrons. The van der Waals surface area contributed by atoms with Crippen LogP contribution in [0.25, 0.3) is 11.0 Å². The van der Waals surface area contributed by atoms with Crippen molar-refractivity contribution in [3.8, 4) is 0 Å². The maximum absolute atomic E-state index is 6.10. The molecule has 1 aromatic carbocycles. The van der Waals surface area contributed by atoms with Gasteiger partial charge in [0.25, 0.3) is 0 Å². The fraction of sp³-hybridized carbons (Fsp3) is 0.312. The highest BCUT2D eigenvalue weighted by molar-refractivity contribution is 6.30. The third-order valence-electron chi connectivity index (χ3n) is 3.83. The molecule has 2 heterocycles. The van der Waals surface area contributed by atoms with Crippen molar-refractivity contribution >= 4 is 28.5 Å². The molecular formula is C16H18ClN5. The summed E-state index contributed by atoms with van der Waals surface area (Å²) in [7, 11) is 1.87. The molecule has 0 atom stereocenters. The van der Waals surface area contributed by atoms with Gasteiger partial charge in [-0.05, 0) is 17.7 Å². The molecule has 0 saturated heterocycles. The van der Waals surface area contributed by atoms with Crippen LogP contribution >= 0.6 is 11.6 Å². The Morgan fingerprint density at radius 3 is 2.86 bits per heavy atom. The van der Waals surface area contributed by atoms with Crippen molar-refractivity contribution in [3.05, 3.63) is 47.4 Å². The van der Waals surface area contributed by atoms with Crippen LogP contribution < -0.4 is 5.32 Å². The second kappa shape index (κ2) is 5.57. The largest absolute Gasteiger partial charge is 0.368 e. The Morgan fingerprint density at radius 2 is 2.09 bits per heavy atom. The number of nitrogens with zero attached hydrogens (tertiary/aromatic N) is 4. The van der Waals surface area contributed by atoms with Gasteiger partial charge in [-0.15, -0.1) is 0 Å². The third kappa shape index (κ3) is 2.76. The number of rotatable bonds is 4. The number of aryl methyl sites for hydroxylation is 1. The molecule has 2 aromatic heterocycles. The van der Waals surface area contributed by atoms with Gasteiger partial charge in [-0.2, -0.15) is 5.10 Å². The minimum absolute atomic E-state index is 0.0790. The molecule has 114 valence electrons. The lowest BCUT2D eigenvalue weighted by atomic mass is 9.84. The molecule has 0 aliphatic heterocycles. The van der Waals surface area contributed by atoms with E-state index in [1.807, 2.05) is 25.2 Å². The summed E-state index contributed by atoms with van der Waals surface area (Å²) in [6.45, 7) is 5.08. The number of halogens is 1. The van der Waals surface area contributed by atoms with Gasteiger partial charge in [0.05, 0.1) is 11.6 Å². The average molecular weight is 316 g/mol. The number of anilines is 1. The number of benzene rings is 1. The van der Waals surface area contributed by atoms with Crippen LogP contribution in [0.2, 0.25) is 5.02 Å². The molecule has 0 amide bonds. The minimum atomic E-state index is -0.0790. The van der Waals surface area contributed by atoms with Gasteiger partial charge in [0.2, 0.25) is 0 Å². The first-order valence-corrected chi connectivity index (χ1v) is 7.48. The van der Waals surface area contributed by atoms with Crippen LogP contribution in [0.5, 0.6) is 0 Å². The highest BCUT2D eigenvalue weighted by Crippen LogP contribution is 2.27. The lowest BCUT2D eigenvalue weighted by molar-refractivity contribution is 0.556. The zero-order valence-electron chi connectivity index (χ0n) is 12.8. The number of nitrogens with one attached hydrogen (secondary N) is 1. The molecule has 1 N–H and O–H groups in total. The van der Waals surface area contributed by atoms with Gasteiger partial charge >= 0.3 is 0 Å². The smallest absolute Gasteiger partial charge is 0.163 e. The van der Waals surface area contributed by atoms with Crippen molar-refractivity contribution < 1.29 is 0 Å². The predicted molar refractivity (Wildman–Crippen MR) is 89.3 cm³/mol. The van der Waals surface area contributed by atoms with Crippen LogP contribution in [-0.2, 0) is 12.5 Å². The first-order chi connectivity index (χ1) is 10.5. The second-order valence-electron chi connectivity index (χ2n) is 5.98. The van der Waals surface area contributed by atoms with Crippen LogP contribution in [0.1, 0.15) is 19.4 Å². The quantitative estimate of drug-likeness (QED) is 0.801. The topological polar surface area (TPSA) is 55.6 Å². The summed E-state index contributed by atoms with van der Waals surface area (Å²) in [5, 5.41) is 9.31. The molecule has 0 aliphatic rings. The monoisotopic (exact) mass is 315 g/mol. The van der Waals surface area contributed by atoms with Gasteiger partial charge in [0.15, 0.2) is 5.65 Å². The molecular weight excluding hydrogens is 298 g/mol. The Bertz CT molecular complexity index is 809. The first-order valence-electron chi connectivity index (χ1n) is 7.10. The van der Waals surface area contributed by atoms with E-state index >= 15 is 0 Å². The van der Waals surface area contributed by atoms with Gasteiger partial charge in [-0.25, -0.2) is 9.97 Å². The molecule has 0 spiro atoms.